The lowest BCUT2D eigenvalue weighted by molar-refractivity contribution is -0.212. The summed E-state index contributed by atoms with van der Waals surface area (Å²) in [7, 11) is 3.33. The molecule has 2 fully saturated rings. The van der Waals surface area contributed by atoms with Crippen LogP contribution in [0.1, 0.15) is 30.1 Å². The van der Waals surface area contributed by atoms with Gasteiger partial charge < -0.3 is 45.7 Å². The summed E-state index contributed by atoms with van der Waals surface area (Å²) in [6, 6.07) is 2.80. The highest BCUT2D eigenvalue weighted by Gasteiger charge is 2.49. The van der Waals surface area contributed by atoms with Crippen molar-refractivity contribution in [3.63, 3.8) is 0 Å². The van der Waals surface area contributed by atoms with Crippen LogP contribution in [-0.2, 0) is 19.0 Å². The molecule has 0 aliphatic carbocycles. The van der Waals surface area contributed by atoms with Crippen molar-refractivity contribution in [3.05, 3.63) is 23.8 Å². The van der Waals surface area contributed by atoms with Gasteiger partial charge in [-0.3, -0.25) is 9.69 Å². The highest BCUT2D eigenvalue weighted by Crippen LogP contribution is 2.31. The van der Waals surface area contributed by atoms with E-state index in [1.807, 2.05) is 11.9 Å². The van der Waals surface area contributed by atoms with Gasteiger partial charge in [0.1, 0.15) is 42.2 Å². The summed E-state index contributed by atoms with van der Waals surface area (Å²) in [4.78, 5) is 27.2. The van der Waals surface area contributed by atoms with E-state index in [0.29, 0.717) is 6.42 Å². The maximum atomic E-state index is 13.0. The summed E-state index contributed by atoms with van der Waals surface area (Å²) in [5.41, 5.74) is 4.95. The van der Waals surface area contributed by atoms with E-state index in [1.54, 1.807) is 6.92 Å². The molecular formula is C24H37N3O9S. The van der Waals surface area contributed by atoms with Crippen LogP contribution in [0.3, 0.4) is 0 Å². The lowest BCUT2D eigenvalue weighted by Crippen LogP contribution is -2.66. The van der Waals surface area contributed by atoms with E-state index in [0.717, 1.165) is 24.7 Å². The molecule has 2 aliphatic heterocycles. The number of anilines is 1. The number of amides is 1. The van der Waals surface area contributed by atoms with Crippen LogP contribution in [0.15, 0.2) is 18.2 Å². The van der Waals surface area contributed by atoms with Gasteiger partial charge in [0.05, 0.1) is 23.8 Å². The number of nitrogens with two attached hydrogens (primary N) is 1. The number of thioether (sulfide) groups is 1. The highest BCUT2D eigenvalue weighted by molar-refractivity contribution is 7.99. The normalized spacial score (nSPS) is 30.0. The highest BCUT2D eigenvalue weighted by atomic mass is 32.2. The number of carbonyl (C=O) groups excluding carboxylic acids is 2. The van der Waals surface area contributed by atoms with Crippen molar-refractivity contribution in [1.82, 2.24) is 10.2 Å². The Hall–Kier alpha value is -2.13. The predicted octanol–water partition coefficient (Wildman–Crippen LogP) is -0.714. The Morgan fingerprint density at radius 2 is 2.00 bits per heavy atom. The summed E-state index contributed by atoms with van der Waals surface area (Å²) in [5.74, 6) is -0.777. The number of nitrogen functional groups attached to an aromatic ring is 1. The third-order valence-corrected chi connectivity index (χ3v) is 7.94. The van der Waals surface area contributed by atoms with Gasteiger partial charge in [0, 0.05) is 24.6 Å². The minimum Gasteiger partial charge on any atom is -0.508 e. The number of hydrogen-bond donors (Lipinski definition) is 6. The minimum absolute atomic E-state index is 0.0532. The molecule has 2 heterocycles. The number of carbonyl (C=O) groups is 2. The van der Waals surface area contributed by atoms with Crippen LogP contribution in [0.25, 0.3) is 0 Å². The van der Waals surface area contributed by atoms with Crippen molar-refractivity contribution >= 4 is 29.3 Å². The van der Waals surface area contributed by atoms with Gasteiger partial charge in [0.25, 0.3) is 0 Å². The number of aliphatic hydroxyl groups excluding tert-OH is 3. The molecule has 1 amide bonds. The average molecular weight is 544 g/mol. The molecule has 7 N–H and O–H groups in total. The van der Waals surface area contributed by atoms with Crippen LogP contribution in [-0.4, -0.2) is 118 Å². The Morgan fingerprint density at radius 3 is 2.62 bits per heavy atom. The second-order valence-electron chi connectivity index (χ2n) is 9.33. The largest absolute Gasteiger partial charge is 0.508 e. The molecule has 2 saturated heterocycles. The zero-order chi connectivity index (χ0) is 27.3. The number of benzene rings is 1. The molecule has 8 atom stereocenters. The fourth-order valence-electron chi connectivity index (χ4n) is 4.54. The first kappa shape index (κ1) is 29.4. The van der Waals surface area contributed by atoms with Gasteiger partial charge in [-0.1, -0.05) is 0 Å². The molecule has 0 radical (unpaired) electrons. The van der Waals surface area contributed by atoms with Crippen molar-refractivity contribution in [3.8, 4) is 5.75 Å². The third-order valence-electron chi connectivity index (χ3n) is 6.82. The number of aliphatic hydroxyl groups is 3. The molecule has 8 unspecified atom stereocenters. The number of ether oxygens (including phenoxy) is 3. The number of phenolic OH excluding ortho intramolecular Hbond substituents is 1. The Kier molecular flexibility index (Phi) is 10.4. The maximum absolute atomic E-state index is 13.0. The lowest BCUT2D eigenvalue weighted by Gasteiger charge is -2.44. The number of esters is 1. The molecule has 0 aromatic heterocycles. The Balaban J connectivity index is 1.62. The van der Waals surface area contributed by atoms with E-state index in [9.17, 15) is 30.0 Å². The van der Waals surface area contributed by atoms with E-state index >= 15 is 0 Å². The quantitative estimate of drug-likeness (QED) is 0.124. The van der Waals surface area contributed by atoms with Crippen molar-refractivity contribution in [2.24, 2.45) is 0 Å². The minimum atomic E-state index is -1.53. The Bertz CT molecular complexity index is 939. The molecule has 3 rings (SSSR count). The molecule has 0 spiro atoms. The number of nitrogens with zero attached hydrogens (tertiary/aromatic N) is 1. The number of methoxy groups -OCH3 is 1. The van der Waals surface area contributed by atoms with Crippen LogP contribution in [0, 0.1) is 0 Å². The molecule has 2 aliphatic rings. The van der Waals surface area contributed by atoms with Crippen molar-refractivity contribution < 1.29 is 44.2 Å². The van der Waals surface area contributed by atoms with Crippen LogP contribution in [0.2, 0.25) is 0 Å². The second-order valence-corrected chi connectivity index (χ2v) is 10.5. The number of nitrogens with one attached hydrogen (secondary N) is 1. The number of phenols is 1. The van der Waals surface area contributed by atoms with Crippen molar-refractivity contribution in [1.29, 1.82) is 0 Å². The molecule has 1 aromatic carbocycles. The molecule has 1 aromatic rings. The van der Waals surface area contributed by atoms with E-state index in [4.69, 9.17) is 19.9 Å². The zero-order valence-electron chi connectivity index (χ0n) is 21.1. The van der Waals surface area contributed by atoms with E-state index in [1.165, 1.54) is 25.3 Å². The summed E-state index contributed by atoms with van der Waals surface area (Å²) in [6.07, 6.45) is -4.47. The molecule has 208 valence electrons. The number of likely N-dealkylation sites (N-methyl/N-ethyl adjacent to an activating group) is 1. The van der Waals surface area contributed by atoms with Crippen LogP contribution in [0.5, 0.6) is 5.75 Å². The summed E-state index contributed by atoms with van der Waals surface area (Å²) in [5, 5.41) is 44.1. The van der Waals surface area contributed by atoms with Gasteiger partial charge in [0.15, 0.2) is 0 Å². The van der Waals surface area contributed by atoms with Gasteiger partial charge in [-0.25, -0.2) is 4.79 Å². The fraction of sp³-hybridized carbons (Fsp3) is 0.667. The van der Waals surface area contributed by atoms with Gasteiger partial charge >= 0.3 is 5.97 Å². The number of aromatic hydroxyl groups is 1. The lowest BCUT2D eigenvalue weighted by atomic mass is 9.92. The summed E-state index contributed by atoms with van der Waals surface area (Å²) in [6.45, 7) is 2.47. The summed E-state index contributed by atoms with van der Waals surface area (Å²) >= 11 is 1.09. The molecular weight excluding hydrogens is 506 g/mol. The molecule has 37 heavy (non-hydrogen) atoms. The Labute approximate surface area is 220 Å². The predicted molar refractivity (Wildman–Crippen MR) is 136 cm³/mol. The van der Waals surface area contributed by atoms with Crippen LogP contribution in [0.4, 0.5) is 5.69 Å². The molecule has 13 heteroatoms. The van der Waals surface area contributed by atoms with E-state index in [-0.39, 0.29) is 41.3 Å². The number of hydrogen-bond acceptors (Lipinski definition) is 12. The topological polar surface area (TPSA) is 184 Å². The smallest absolute Gasteiger partial charge is 0.340 e. The molecule has 0 bridgehead atoms. The standard InChI is InChI=1S/C24H37N3O9S/c1-12(34-3)17(26-22(32)16-5-4-8-27(16)2)21-19(30)18(29)20(31)24(36-21)37-10-9-35-23(33)14-7-6-13(28)11-15(14)25/h6-7,11-12,16-21,24,28-31H,4-5,8-10,25H2,1-3H3,(H,26,32). The van der Waals surface area contributed by atoms with Crippen LogP contribution < -0.4 is 11.1 Å². The van der Waals surface area contributed by atoms with Gasteiger partial charge in [-0.15, -0.1) is 11.8 Å². The first-order valence-electron chi connectivity index (χ1n) is 12.2. The first-order valence-corrected chi connectivity index (χ1v) is 13.2. The van der Waals surface area contributed by atoms with Crippen LogP contribution >= 0.6 is 11.8 Å². The fourth-order valence-corrected chi connectivity index (χ4v) is 5.51. The van der Waals surface area contributed by atoms with E-state index < -0.39 is 48.0 Å². The number of likely N-dealkylation sites (tertiary alicyclic amines) is 1. The van der Waals surface area contributed by atoms with Gasteiger partial charge in [-0.05, 0) is 45.5 Å². The van der Waals surface area contributed by atoms with Crippen molar-refractivity contribution in [2.75, 3.05) is 38.8 Å². The summed E-state index contributed by atoms with van der Waals surface area (Å²) < 4.78 is 16.6. The third kappa shape index (κ3) is 7.05. The van der Waals surface area contributed by atoms with E-state index in [2.05, 4.69) is 5.32 Å². The average Bonchev–Trinajstić information content (AvgIpc) is 3.30. The second kappa shape index (κ2) is 13.1. The zero-order valence-corrected chi connectivity index (χ0v) is 22.0. The monoisotopic (exact) mass is 543 g/mol. The first-order chi connectivity index (χ1) is 17.5. The van der Waals surface area contributed by atoms with Crippen molar-refractivity contribution in [2.45, 2.75) is 67.8 Å². The maximum Gasteiger partial charge on any atom is 0.340 e. The SMILES string of the molecule is COC(C)C(NC(=O)C1CCCN1C)C1OC(SCCOC(=O)c2ccc(O)cc2N)C(O)C(O)C1O. The number of rotatable bonds is 10. The molecule has 0 saturated carbocycles. The molecule has 12 nitrogen and oxygen atoms in total. The van der Waals surface area contributed by atoms with Gasteiger partial charge in [-0.2, -0.15) is 0 Å². The van der Waals surface area contributed by atoms with Gasteiger partial charge in [0.2, 0.25) is 5.91 Å². The Morgan fingerprint density at radius 1 is 1.27 bits per heavy atom.